The number of nitrogens with two attached hydrogens (primary N) is 1. The fraction of sp³-hybridized carbons (Fsp3) is 0.150. The molecular weight excluding hydrogens is 414 g/mol. The number of hydrogen-bond acceptors (Lipinski definition) is 6. The number of methoxy groups -OCH3 is 2. The Balaban J connectivity index is 2.00. The smallest absolute Gasteiger partial charge is 0.230 e. The van der Waals surface area contributed by atoms with Gasteiger partial charge in [0.1, 0.15) is 11.5 Å². The Bertz CT molecular complexity index is 1090. The Morgan fingerprint density at radius 3 is 2.38 bits per heavy atom. The third-order valence-electron chi connectivity index (χ3n) is 4.13. The van der Waals surface area contributed by atoms with Crippen molar-refractivity contribution in [2.24, 2.45) is 5.73 Å². The average molecular weight is 432 g/mol. The summed E-state index contributed by atoms with van der Waals surface area (Å²) in [4.78, 5) is 17.3. The highest BCUT2D eigenvalue weighted by Gasteiger charge is 2.18. The van der Waals surface area contributed by atoms with Gasteiger partial charge < -0.3 is 19.9 Å². The van der Waals surface area contributed by atoms with Crippen LogP contribution in [0.15, 0.2) is 42.6 Å². The zero-order valence-electron chi connectivity index (χ0n) is 15.9. The van der Waals surface area contributed by atoms with Gasteiger partial charge in [0, 0.05) is 30.6 Å². The summed E-state index contributed by atoms with van der Waals surface area (Å²) in [5.41, 5.74) is 6.69. The number of amides is 1. The lowest BCUT2D eigenvalue weighted by molar-refractivity contribution is -0.115. The van der Waals surface area contributed by atoms with E-state index in [1.807, 2.05) is 0 Å². The van der Waals surface area contributed by atoms with Crippen LogP contribution in [0.25, 0.3) is 10.9 Å². The van der Waals surface area contributed by atoms with Crippen LogP contribution >= 0.6 is 23.8 Å². The molecule has 7 nitrogen and oxygen atoms in total. The summed E-state index contributed by atoms with van der Waals surface area (Å²) >= 11 is 11.3. The first-order valence-corrected chi connectivity index (χ1v) is 9.22. The molecule has 0 saturated heterocycles. The van der Waals surface area contributed by atoms with Gasteiger partial charge in [-0.15, -0.1) is 0 Å². The Kier molecular flexibility index (Phi) is 6.05. The van der Waals surface area contributed by atoms with E-state index >= 15 is 0 Å². The van der Waals surface area contributed by atoms with Crippen molar-refractivity contribution < 1.29 is 19.0 Å². The number of nitrogens with zero attached hydrogens (tertiary/aromatic N) is 2. The molecule has 0 atom stereocenters. The Morgan fingerprint density at radius 2 is 1.79 bits per heavy atom. The molecule has 3 rings (SSSR count). The molecule has 2 aromatic carbocycles. The molecular formula is C20H18ClN3O4S. The molecule has 29 heavy (non-hydrogen) atoms. The summed E-state index contributed by atoms with van der Waals surface area (Å²) in [7, 11) is 3.12. The summed E-state index contributed by atoms with van der Waals surface area (Å²) in [6.45, 7) is 1.35. The predicted octanol–water partition coefficient (Wildman–Crippen LogP) is 4.29. The lowest BCUT2D eigenvalue weighted by Gasteiger charge is -2.20. The van der Waals surface area contributed by atoms with E-state index in [1.54, 1.807) is 56.8 Å². The molecule has 1 heterocycles. The van der Waals surface area contributed by atoms with E-state index in [9.17, 15) is 4.79 Å². The van der Waals surface area contributed by atoms with Crippen molar-refractivity contribution in [2.75, 3.05) is 19.1 Å². The third-order valence-corrected chi connectivity index (χ3v) is 4.62. The molecule has 0 unspecified atom stereocenters. The molecule has 0 aliphatic heterocycles. The van der Waals surface area contributed by atoms with Crippen molar-refractivity contribution in [2.45, 2.75) is 6.92 Å². The normalized spacial score (nSPS) is 10.5. The molecule has 0 aliphatic rings. The number of anilines is 1. The number of benzene rings is 2. The largest absolute Gasteiger partial charge is 0.493 e. The van der Waals surface area contributed by atoms with Crippen LogP contribution in [0.3, 0.4) is 0 Å². The number of thiocarbonyl (C=S) groups is 1. The molecule has 1 aromatic heterocycles. The maximum atomic E-state index is 11.8. The van der Waals surface area contributed by atoms with E-state index in [2.05, 4.69) is 4.98 Å². The van der Waals surface area contributed by atoms with Gasteiger partial charge in [0.25, 0.3) is 0 Å². The van der Waals surface area contributed by atoms with Gasteiger partial charge in [-0.25, -0.2) is 0 Å². The van der Waals surface area contributed by atoms with Crippen LogP contribution in [0, 0.1) is 0 Å². The highest BCUT2D eigenvalue weighted by Crippen LogP contribution is 2.38. The number of carbonyl (C=O) groups is 1. The first-order chi connectivity index (χ1) is 13.8. The van der Waals surface area contributed by atoms with Gasteiger partial charge in [-0.1, -0.05) is 11.6 Å². The van der Waals surface area contributed by atoms with Gasteiger partial charge in [-0.2, -0.15) is 0 Å². The highest BCUT2D eigenvalue weighted by atomic mass is 35.5. The zero-order valence-corrected chi connectivity index (χ0v) is 17.5. The number of fused-ring (bicyclic) bond motifs is 1. The van der Waals surface area contributed by atoms with E-state index < -0.39 is 0 Å². The second kappa shape index (κ2) is 8.50. The van der Waals surface area contributed by atoms with Crippen LogP contribution in [0.4, 0.5) is 5.69 Å². The third kappa shape index (κ3) is 4.18. The molecule has 0 fully saturated rings. The minimum atomic E-state index is -0.339. The standard InChI is InChI=1S/C20H18ClN3O4S/c1-11(25)24(20(22)29)16-5-4-12(8-14(16)21)28-17-6-7-23-15-10-19(27-3)18(26-2)9-13(15)17/h4-10H,1-3H3,(H2,22,29). The van der Waals surface area contributed by atoms with Gasteiger partial charge in [-0.05, 0) is 36.5 Å². The van der Waals surface area contributed by atoms with E-state index in [-0.39, 0.29) is 16.0 Å². The zero-order chi connectivity index (χ0) is 21.1. The number of halogens is 1. The van der Waals surface area contributed by atoms with Crippen molar-refractivity contribution in [1.82, 2.24) is 4.98 Å². The van der Waals surface area contributed by atoms with Gasteiger partial charge in [0.2, 0.25) is 5.91 Å². The molecule has 3 aromatic rings. The SMILES string of the molecule is COc1cc2nccc(Oc3ccc(N(C(C)=O)C(N)=S)c(Cl)c3)c2cc1OC. The molecule has 0 radical (unpaired) electrons. The first kappa shape index (κ1) is 20.6. The summed E-state index contributed by atoms with van der Waals surface area (Å²) in [5, 5.41) is 0.913. The predicted molar refractivity (Wildman–Crippen MR) is 116 cm³/mol. The summed E-state index contributed by atoms with van der Waals surface area (Å²) in [5.74, 6) is 1.80. The average Bonchev–Trinajstić information content (AvgIpc) is 2.68. The molecule has 2 N–H and O–H groups in total. The van der Waals surface area contributed by atoms with Crippen LogP contribution in [-0.2, 0) is 4.79 Å². The molecule has 0 spiro atoms. The van der Waals surface area contributed by atoms with Crippen LogP contribution in [0.1, 0.15) is 6.92 Å². The van der Waals surface area contributed by atoms with E-state index in [1.165, 1.54) is 6.92 Å². The Labute approximate surface area is 177 Å². The number of hydrogen-bond donors (Lipinski definition) is 1. The fourth-order valence-electron chi connectivity index (χ4n) is 2.84. The number of ether oxygens (including phenoxy) is 3. The molecule has 9 heteroatoms. The topological polar surface area (TPSA) is 86.9 Å². The van der Waals surface area contributed by atoms with Gasteiger partial charge >= 0.3 is 0 Å². The van der Waals surface area contributed by atoms with Gasteiger partial charge in [-0.3, -0.25) is 14.7 Å². The molecule has 0 bridgehead atoms. The van der Waals surface area contributed by atoms with Crippen LogP contribution < -0.4 is 24.8 Å². The maximum absolute atomic E-state index is 11.8. The Morgan fingerprint density at radius 1 is 1.10 bits per heavy atom. The van der Waals surface area contributed by atoms with Crippen molar-refractivity contribution in [3.63, 3.8) is 0 Å². The molecule has 0 saturated carbocycles. The summed E-state index contributed by atoms with van der Waals surface area (Å²) in [6, 6.07) is 10.2. The first-order valence-electron chi connectivity index (χ1n) is 8.44. The van der Waals surface area contributed by atoms with Crippen molar-refractivity contribution in [3.05, 3.63) is 47.6 Å². The minimum Gasteiger partial charge on any atom is -0.493 e. The van der Waals surface area contributed by atoms with Gasteiger partial charge in [0.05, 0.1) is 30.4 Å². The van der Waals surface area contributed by atoms with Gasteiger partial charge in [0.15, 0.2) is 16.6 Å². The summed E-state index contributed by atoms with van der Waals surface area (Å²) in [6.07, 6.45) is 1.63. The monoisotopic (exact) mass is 431 g/mol. The minimum absolute atomic E-state index is 0.0887. The Hall–Kier alpha value is -3.10. The van der Waals surface area contributed by atoms with Crippen LogP contribution in [0.5, 0.6) is 23.0 Å². The van der Waals surface area contributed by atoms with E-state index in [0.29, 0.717) is 34.2 Å². The number of aromatic nitrogens is 1. The van der Waals surface area contributed by atoms with Crippen molar-refractivity contribution in [3.8, 4) is 23.0 Å². The molecule has 0 aliphatic carbocycles. The lowest BCUT2D eigenvalue weighted by Crippen LogP contribution is -2.39. The van der Waals surface area contributed by atoms with Crippen molar-refractivity contribution in [1.29, 1.82) is 0 Å². The fourth-order valence-corrected chi connectivity index (χ4v) is 3.32. The quantitative estimate of drug-likeness (QED) is 0.603. The molecule has 150 valence electrons. The lowest BCUT2D eigenvalue weighted by atomic mass is 10.2. The van der Waals surface area contributed by atoms with E-state index in [4.69, 9.17) is 43.8 Å². The second-order valence-corrected chi connectivity index (χ2v) is 6.77. The van der Waals surface area contributed by atoms with Crippen LogP contribution in [-0.4, -0.2) is 30.2 Å². The summed E-state index contributed by atoms with van der Waals surface area (Å²) < 4.78 is 16.7. The van der Waals surface area contributed by atoms with Crippen LogP contribution in [0.2, 0.25) is 5.02 Å². The van der Waals surface area contributed by atoms with E-state index in [0.717, 1.165) is 10.3 Å². The number of rotatable bonds is 5. The second-order valence-electron chi connectivity index (χ2n) is 5.94. The maximum Gasteiger partial charge on any atom is 0.230 e. The molecule has 1 amide bonds. The number of carbonyl (C=O) groups excluding carboxylic acids is 1. The van der Waals surface area contributed by atoms with Crippen molar-refractivity contribution >= 4 is 51.4 Å². The number of pyridine rings is 1. The highest BCUT2D eigenvalue weighted by molar-refractivity contribution is 7.80.